The number of carbonyl (C=O) groups excluding carboxylic acids is 1. The molecule has 1 aromatic heterocycles. The van der Waals surface area contributed by atoms with Crippen molar-refractivity contribution in [1.29, 1.82) is 0 Å². The summed E-state index contributed by atoms with van der Waals surface area (Å²) >= 11 is 13.2. The third-order valence-electron chi connectivity index (χ3n) is 2.05. The molecule has 0 aliphatic heterocycles. The highest BCUT2D eigenvalue weighted by atomic mass is 35.5. The molecule has 2 nitrogen and oxygen atoms in total. The molecule has 0 atom stereocenters. The van der Waals surface area contributed by atoms with Crippen LogP contribution in [0.25, 0.3) is 0 Å². The maximum atomic E-state index is 11.7. The molecule has 2 rings (SSSR count). The van der Waals surface area contributed by atoms with Crippen molar-refractivity contribution in [3.63, 3.8) is 0 Å². The van der Waals surface area contributed by atoms with Crippen LogP contribution >= 0.6 is 35.0 Å². The Hall–Kier alpha value is -0.900. The van der Waals surface area contributed by atoms with Crippen LogP contribution in [-0.2, 0) is 0 Å². The molecule has 0 fully saturated rings. The highest BCUT2D eigenvalue weighted by Crippen LogP contribution is 2.30. The van der Waals surface area contributed by atoms with Crippen molar-refractivity contribution >= 4 is 40.7 Å². The quantitative estimate of drug-likeness (QED) is 0.610. The van der Waals surface area contributed by atoms with Crippen LogP contribution in [0.5, 0.6) is 0 Å². The maximum Gasteiger partial charge on any atom is 0.208 e. The van der Waals surface area contributed by atoms with Gasteiger partial charge in [-0.25, -0.2) is 0 Å². The van der Waals surface area contributed by atoms with Gasteiger partial charge in [0.05, 0.1) is 17.0 Å². The van der Waals surface area contributed by atoms with Gasteiger partial charge in [0.1, 0.15) is 0 Å². The van der Waals surface area contributed by atoms with E-state index in [0.717, 1.165) is 4.90 Å². The lowest BCUT2D eigenvalue weighted by Crippen LogP contribution is -2.00. The Balaban J connectivity index is 2.03. The van der Waals surface area contributed by atoms with E-state index < -0.39 is 0 Å². The van der Waals surface area contributed by atoms with Gasteiger partial charge in [-0.15, -0.1) is 11.8 Å². The molecule has 0 aliphatic carbocycles. The summed E-state index contributed by atoms with van der Waals surface area (Å²) in [5, 5.41) is 1.19. The first kappa shape index (κ1) is 12.6. The van der Waals surface area contributed by atoms with Crippen molar-refractivity contribution in [2.45, 2.75) is 4.90 Å². The number of thioether (sulfide) groups is 1. The standard InChI is InChI=1S/C12H8Cl2O2S/c13-8-3-4-9(14)12(6-8)17-7-10(15)11-2-1-5-16-11/h1-6H,7H2. The van der Waals surface area contributed by atoms with Crippen LogP contribution in [0.2, 0.25) is 10.0 Å². The smallest absolute Gasteiger partial charge is 0.208 e. The second-order valence-electron chi connectivity index (χ2n) is 3.26. The molecule has 1 heterocycles. The molecular weight excluding hydrogens is 279 g/mol. The van der Waals surface area contributed by atoms with E-state index in [1.165, 1.54) is 18.0 Å². The third kappa shape index (κ3) is 3.28. The summed E-state index contributed by atoms with van der Waals surface area (Å²) in [4.78, 5) is 12.5. The van der Waals surface area contributed by atoms with Gasteiger partial charge < -0.3 is 4.42 Å². The highest BCUT2D eigenvalue weighted by molar-refractivity contribution is 8.00. The molecule has 2 aromatic rings. The lowest BCUT2D eigenvalue weighted by Gasteiger charge is -2.03. The van der Waals surface area contributed by atoms with Crippen molar-refractivity contribution in [1.82, 2.24) is 0 Å². The normalized spacial score (nSPS) is 10.5. The van der Waals surface area contributed by atoms with Crippen LogP contribution in [0.1, 0.15) is 10.6 Å². The van der Waals surface area contributed by atoms with Gasteiger partial charge in [-0.2, -0.15) is 0 Å². The van der Waals surface area contributed by atoms with E-state index in [1.54, 1.807) is 30.3 Å². The van der Waals surface area contributed by atoms with Crippen molar-refractivity contribution < 1.29 is 9.21 Å². The van der Waals surface area contributed by atoms with E-state index in [-0.39, 0.29) is 11.5 Å². The van der Waals surface area contributed by atoms with E-state index in [0.29, 0.717) is 15.8 Å². The average molecular weight is 287 g/mol. The van der Waals surface area contributed by atoms with Crippen LogP contribution in [0.4, 0.5) is 0 Å². The fraction of sp³-hybridized carbons (Fsp3) is 0.0833. The molecule has 1 aromatic carbocycles. The minimum atomic E-state index is -0.0731. The minimum Gasteiger partial charge on any atom is -0.461 e. The molecule has 0 aliphatic rings. The number of rotatable bonds is 4. The number of ketones is 1. The SMILES string of the molecule is O=C(CSc1cc(Cl)ccc1Cl)c1ccco1. The van der Waals surface area contributed by atoms with Crippen LogP contribution in [0.15, 0.2) is 45.9 Å². The Bertz CT molecular complexity index is 523. The van der Waals surface area contributed by atoms with Gasteiger partial charge in [0.2, 0.25) is 5.78 Å². The molecule has 0 saturated carbocycles. The van der Waals surface area contributed by atoms with Gasteiger partial charge in [0.25, 0.3) is 0 Å². The van der Waals surface area contributed by atoms with Gasteiger partial charge in [-0.3, -0.25) is 4.79 Å². The molecule has 88 valence electrons. The molecule has 0 spiro atoms. The van der Waals surface area contributed by atoms with Gasteiger partial charge >= 0.3 is 0 Å². The largest absolute Gasteiger partial charge is 0.461 e. The van der Waals surface area contributed by atoms with E-state index in [9.17, 15) is 4.79 Å². The van der Waals surface area contributed by atoms with E-state index in [4.69, 9.17) is 27.6 Å². The number of hydrogen-bond donors (Lipinski definition) is 0. The number of carbonyl (C=O) groups is 1. The number of Topliss-reactive ketones (excluding diaryl/α,β-unsaturated/α-hetero) is 1. The predicted molar refractivity (Wildman–Crippen MR) is 70.2 cm³/mol. The summed E-state index contributed by atoms with van der Waals surface area (Å²) < 4.78 is 5.02. The Kier molecular flexibility index (Phi) is 4.15. The molecule has 0 unspecified atom stereocenters. The van der Waals surface area contributed by atoms with E-state index >= 15 is 0 Å². The molecule has 0 bridgehead atoms. The Morgan fingerprint density at radius 3 is 2.82 bits per heavy atom. The van der Waals surface area contributed by atoms with Crippen molar-refractivity contribution in [2.75, 3.05) is 5.75 Å². The second kappa shape index (κ2) is 5.63. The molecule has 0 saturated heterocycles. The summed E-state index contributed by atoms with van der Waals surface area (Å²) in [6.45, 7) is 0. The Morgan fingerprint density at radius 2 is 2.12 bits per heavy atom. The fourth-order valence-corrected chi connectivity index (χ4v) is 2.60. The van der Waals surface area contributed by atoms with Crippen LogP contribution in [0, 0.1) is 0 Å². The maximum absolute atomic E-state index is 11.7. The lowest BCUT2D eigenvalue weighted by molar-refractivity contribution is 0.0992. The van der Waals surface area contributed by atoms with Gasteiger partial charge in [-0.1, -0.05) is 23.2 Å². The fourth-order valence-electron chi connectivity index (χ4n) is 1.24. The first-order chi connectivity index (χ1) is 8.16. The highest BCUT2D eigenvalue weighted by Gasteiger charge is 2.10. The summed E-state index contributed by atoms with van der Waals surface area (Å²) in [6.07, 6.45) is 1.48. The number of benzene rings is 1. The van der Waals surface area contributed by atoms with Crippen LogP contribution in [0.3, 0.4) is 0 Å². The van der Waals surface area contributed by atoms with Crippen molar-refractivity contribution in [3.05, 3.63) is 52.4 Å². The van der Waals surface area contributed by atoms with Crippen molar-refractivity contribution in [2.24, 2.45) is 0 Å². The number of hydrogen-bond acceptors (Lipinski definition) is 3. The lowest BCUT2D eigenvalue weighted by atomic mass is 10.3. The molecule has 0 N–H and O–H groups in total. The third-order valence-corrected chi connectivity index (χ3v) is 3.78. The first-order valence-electron chi connectivity index (χ1n) is 4.81. The topological polar surface area (TPSA) is 30.2 Å². The first-order valence-corrected chi connectivity index (χ1v) is 6.55. The molecule has 17 heavy (non-hydrogen) atoms. The van der Waals surface area contributed by atoms with E-state index in [2.05, 4.69) is 0 Å². The molecule has 0 radical (unpaired) electrons. The Morgan fingerprint density at radius 1 is 1.29 bits per heavy atom. The summed E-state index contributed by atoms with van der Waals surface area (Å²) in [5.41, 5.74) is 0. The van der Waals surface area contributed by atoms with Crippen LogP contribution < -0.4 is 0 Å². The number of furan rings is 1. The van der Waals surface area contributed by atoms with Crippen LogP contribution in [-0.4, -0.2) is 11.5 Å². The molecule has 0 amide bonds. The van der Waals surface area contributed by atoms with Gasteiger partial charge in [0.15, 0.2) is 5.76 Å². The number of halogens is 2. The zero-order valence-corrected chi connectivity index (χ0v) is 11.0. The second-order valence-corrected chi connectivity index (χ2v) is 5.12. The zero-order chi connectivity index (χ0) is 12.3. The summed E-state index contributed by atoms with van der Waals surface area (Å²) in [7, 11) is 0. The van der Waals surface area contributed by atoms with E-state index in [1.807, 2.05) is 0 Å². The molecule has 5 heteroatoms. The minimum absolute atomic E-state index is 0.0731. The zero-order valence-electron chi connectivity index (χ0n) is 8.65. The predicted octanol–water partition coefficient (Wildman–Crippen LogP) is 4.56. The van der Waals surface area contributed by atoms with Crippen molar-refractivity contribution in [3.8, 4) is 0 Å². The molecular formula is C12H8Cl2O2S. The van der Waals surface area contributed by atoms with Gasteiger partial charge in [0, 0.05) is 9.92 Å². The monoisotopic (exact) mass is 286 g/mol. The Labute approximate surface area is 113 Å². The summed E-state index contributed by atoms with van der Waals surface area (Å²) in [6, 6.07) is 8.49. The average Bonchev–Trinajstić information content (AvgIpc) is 2.83. The van der Waals surface area contributed by atoms with Gasteiger partial charge in [-0.05, 0) is 30.3 Å². The summed E-state index contributed by atoms with van der Waals surface area (Å²) in [5.74, 6) is 0.555.